The summed E-state index contributed by atoms with van der Waals surface area (Å²) in [5, 5.41) is 6.39. The molecule has 6 nitrogen and oxygen atoms in total. The molecule has 0 amide bonds. The minimum Gasteiger partial charge on any atom is -0.490 e. The zero-order valence-corrected chi connectivity index (χ0v) is 12.7. The highest BCUT2D eigenvalue weighted by Crippen LogP contribution is 2.29. The highest BCUT2D eigenvalue weighted by atomic mass is 32.2. The molecule has 0 aliphatic carbocycles. The van der Waals surface area contributed by atoms with Crippen LogP contribution in [0.4, 0.5) is 11.6 Å². The predicted molar refractivity (Wildman–Crippen MR) is 79.4 cm³/mol. The van der Waals surface area contributed by atoms with Crippen molar-refractivity contribution >= 4 is 22.4 Å². The van der Waals surface area contributed by atoms with Crippen molar-refractivity contribution in [1.29, 1.82) is 0 Å². The molecule has 1 aromatic rings. The standard InChI is InChI=1S/C12H22N4O2S/c1-5-13-11-10(18-3)12(15-8-14-11)16-9(2)6-7-19(4)17/h8-9H,5-7H2,1-4H3,(H2,13,14,15,16). The first-order chi connectivity index (χ1) is 9.08. The van der Waals surface area contributed by atoms with Gasteiger partial charge in [-0.1, -0.05) is 0 Å². The quantitative estimate of drug-likeness (QED) is 0.754. The van der Waals surface area contributed by atoms with Crippen molar-refractivity contribution < 1.29 is 8.95 Å². The van der Waals surface area contributed by atoms with Crippen molar-refractivity contribution in [1.82, 2.24) is 9.97 Å². The van der Waals surface area contributed by atoms with E-state index in [-0.39, 0.29) is 6.04 Å². The van der Waals surface area contributed by atoms with Gasteiger partial charge < -0.3 is 15.4 Å². The van der Waals surface area contributed by atoms with Gasteiger partial charge >= 0.3 is 0 Å². The highest BCUT2D eigenvalue weighted by Gasteiger charge is 2.13. The van der Waals surface area contributed by atoms with E-state index in [1.165, 1.54) is 6.33 Å². The van der Waals surface area contributed by atoms with Crippen molar-refractivity contribution in [3.8, 4) is 5.75 Å². The molecule has 2 N–H and O–H groups in total. The number of aromatic nitrogens is 2. The van der Waals surface area contributed by atoms with E-state index < -0.39 is 10.8 Å². The monoisotopic (exact) mass is 286 g/mol. The van der Waals surface area contributed by atoms with E-state index >= 15 is 0 Å². The molecule has 7 heteroatoms. The van der Waals surface area contributed by atoms with Crippen molar-refractivity contribution in [2.75, 3.05) is 36.3 Å². The summed E-state index contributed by atoms with van der Waals surface area (Å²) >= 11 is 0. The average Bonchev–Trinajstić information content (AvgIpc) is 2.37. The van der Waals surface area contributed by atoms with Gasteiger partial charge in [-0.25, -0.2) is 9.97 Å². The van der Waals surface area contributed by atoms with Gasteiger partial charge in [-0.2, -0.15) is 0 Å². The molecular weight excluding hydrogens is 264 g/mol. The molecule has 2 atom stereocenters. The maximum atomic E-state index is 11.1. The third kappa shape index (κ3) is 5.02. The first kappa shape index (κ1) is 15.7. The molecule has 0 saturated heterocycles. The van der Waals surface area contributed by atoms with E-state index in [0.717, 1.165) is 13.0 Å². The molecule has 0 saturated carbocycles. The number of nitrogens with zero attached hydrogens (tertiary/aromatic N) is 2. The van der Waals surface area contributed by atoms with Gasteiger partial charge in [-0.15, -0.1) is 0 Å². The number of hydrogen-bond acceptors (Lipinski definition) is 6. The van der Waals surface area contributed by atoms with Crippen LogP contribution in [0.15, 0.2) is 6.33 Å². The molecule has 1 rings (SSSR count). The lowest BCUT2D eigenvalue weighted by molar-refractivity contribution is 0.414. The molecule has 2 unspecified atom stereocenters. The lowest BCUT2D eigenvalue weighted by Gasteiger charge is -2.17. The van der Waals surface area contributed by atoms with Gasteiger partial charge in [0.05, 0.1) is 7.11 Å². The summed E-state index contributed by atoms with van der Waals surface area (Å²) in [5.74, 6) is 2.60. The summed E-state index contributed by atoms with van der Waals surface area (Å²) in [6.07, 6.45) is 4.02. The van der Waals surface area contributed by atoms with Crippen LogP contribution < -0.4 is 15.4 Å². The molecule has 0 aliphatic heterocycles. The Morgan fingerprint density at radius 2 is 2.11 bits per heavy atom. The van der Waals surface area contributed by atoms with E-state index in [4.69, 9.17) is 4.74 Å². The summed E-state index contributed by atoms with van der Waals surface area (Å²) in [5.41, 5.74) is 0. The zero-order chi connectivity index (χ0) is 14.3. The number of nitrogens with one attached hydrogen (secondary N) is 2. The molecule has 108 valence electrons. The Labute approximate surface area is 116 Å². The molecule has 0 radical (unpaired) electrons. The highest BCUT2D eigenvalue weighted by molar-refractivity contribution is 7.84. The average molecular weight is 286 g/mol. The predicted octanol–water partition coefficient (Wildman–Crippen LogP) is 1.49. The number of anilines is 2. The maximum absolute atomic E-state index is 11.1. The van der Waals surface area contributed by atoms with Crippen LogP contribution in [0.5, 0.6) is 5.75 Å². The summed E-state index contributed by atoms with van der Waals surface area (Å²) in [6.45, 7) is 4.78. The van der Waals surface area contributed by atoms with Gasteiger partial charge in [-0.05, 0) is 20.3 Å². The largest absolute Gasteiger partial charge is 0.490 e. The third-order valence-corrected chi connectivity index (χ3v) is 3.38. The van der Waals surface area contributed by atoms with Crippen LogP contribution >= 0.6 is 0 Å². The number of ether oxygens (including phenoxy) is 1. The van der Waals surface area contributed by atoms with Crippen LogP contribution in [-0.2, 0) is 10.8 Å². The van der Waals surface area contributed by atoms with Crippen LogP contribution in [0.25, 0.3) is 0 Å². The third-order valence-electron chi connectivity index (χ3n) is 2.57. The number of methoxy groups -OCH3 is 1. The molecule has 0 bridgehead atoms. The molecular formula is C12H22N4O2S. The maximum Gasteiger partial charge on any atom is 0.204 e. The number of rotatable bonds is 8. The van der Waals surface area contributed by atoms with Gasteiger partial charge in [0.2, 0.25) is 5.75 Å². The van der Waals surface area contributed by atoms with E-state index in [1.54, 1.807) is 13.4 Å². The van der Waals surface area contributed by atoms with Gasteiger partial charge in [0, 0.05) is 35.4 Å². The minimum atomic E-state index is -0.775. The van der Waals surface area contributed by atoms with Gasteiger partial charge in [0.1, 0.15) is 6.33 Å². The molecule has 0 aromatic carbocycles. The smallest absolute Gasteiger partial charge is 0.204 e. The fraction of sp³-hybridized carbons (Fsp3) is 0.667. The molecule has 19 heavy (non-hydrogen) atoms. The Hall–Kier alpha value is -1.37. The second kappa shape index (κ2) is 7.93. The Kier molecular flexibility index (Phi) is 6.55. The van der Waals surface area contributed by atoms with E-state index in [2.05, 4.69) is 20.6 Å². The van der Waals surface area contributed by atoms with Crippen molar-refractivity contribution in [3.05, 3.63) is 6.33 Å². The van der Waals surface area contributed by atoms with Crippen LogP contribution in [0.3, 0.4) is 0 Å². The second-order valence-electron chi connectivity index (χ2n) is 4.25. The van der Waals surface area contributed by atoms with E-state index in [1.807, 2.05) is 13.8 Å². The fourth-order valence-corrected chi connectivity index (χ4v) is 2.30. The molecule has 0 aliphatic rings. The lowest BCUT2D eigenvalue weighted by atomic mass is 10.2. The number of hydrogen-bond donors (Lipinski definition) is 2. The van der Waals surface area contributed by atoms with Gasteiger partial charge in [-0.3, -0.25) is 4.21 Å². The van der Waals surface area contributed by atoms with Crippen molar-refractivity contribution in [3.63, 3.8) is 0 Å². The van der Waals surface area contributed by atoms with E-state index in [0.29, 0.717) is 23.1 Å². The second-order valence-corrected chi connectivity index (χ2v) is 5.80. The molecule has 0 fully saturated rings. The summed E-state index contributed by atoms with van der Waals surface area (Å²) in [6, 6.07) is 0.169. The zero-order valence-electron chi connectivity index (χ0n) is 11.9. The SMILES string of the molecule is CCNc1ncnc(NC(C)CCS(C)=O)c1OC. The summed E-state index contributed by atoms with van der Waals surface area (Å²) < 4.78 is 16.4. The first-order valence-electron chi connectivity index (χ1n) is 6.27. The summed E-state index contributed by atoms with van der Waals surface area (Å²) in [4.78, 5) is 8.34. The van der Waals surface area contributed by atoms with Crippen LogP contribution in [-0.4, -0.2) is 45.9 Å². The molecule has 1 heterocycles. The first-order valence-corrected chi connectivity index (χ1v) is 8.00. The molecule has 0 spiro atoms. The Morgan fingerprint density at radius 3 is 2.68 bits per heavy atom. The van der Waals surface area contributed by atoms with Gasteiger partial charge in [0.15, 0.2) is 11.6 Å². The van der Waals surface area contributed by atoms with Crippen molar-refractivity contribution in [2.45, 2.75) is 26.3 Å². The van der Waals surface area contributed by atoms with Crippen LogP contribution in [0, 0.1) is 0 Å². The van der Waals surface area contributed by atoms with Crippen LogP contribution in [0.2, 0.25) is 0 Å². The fourth-order valence-electron chi connectivity index (χ4n) is 1.61. The Morgan fingerprint density at radius 1 is 1.42 bits per heavy atom. The topological polar surface area (TPSA) is 76.1 Å². The van der Waals surface area contributed by atoms with Crippen LogP contribution in [0.1, 0.15) is 20.3 Å². The minimum absolute atomic E-state index is 0.169. The van der Waals surface area contributed by atoms with E-state index in [9.17, 15) is 4.21 Å². The Balaban J connectivity index is 2.76. The summed E-state index contributed by atoms with van der Waals surface area (Å²) in [7, 11) is 0.819. The Bertz CT molecular complexity index is 428. The molecule has 1 aromatic heterocycles. The van der Waals surface area contributed by atoms with Gasteiger partial charge in [0.25, 0.3) is 0 Å². The lowest BCUT2D eigenvalue weighted by Crippen LogP contribution is -2.19. The normalized spacial score (nSPS) is 13.7. The van der Waals surface area contributed by atoms with Crippen molar-refractivity contribution in [2.24, 2.45) is 0 Å².